The SMILES string of the molecule is Cc1ccc(CN(C(=O)[C@H](C)NC(N)=O)C2CC2)cc1C. The first-order chi connectivity index (χ1) is 9.88. The lowest BCUT2D eigenvalue weighted by atomic mass is 10.1. The molecule has 114 valence electrons. The van der Waals surface area contributed by atoms with E-state index in [2.05, 4.69) is 37.4 Å². The van der Waals surface area contributed by atoms with Crippen LogP contribution in [0.5, 0.6) is 0 Å². The van der Waals surface area contributed by atoms with Gasteiger partial charge in [0, 0.05) is 12.6 Å². The van der Waals surface area contributed by atoms with Crippen molar-refractivity contribution in [1.82, 2.24) is 10.2 Å². The van der Waals surface area contributed by atoms with Crippen LogP contribution in [0.4, 0.5) is 4.79 Å². The molecule has 2 rings (SSSR count). The van der Waals surface area contributed by atoms with Crippen LogP contribution >= 0.6 is 0 Å². The van der Waals surface area contributed by atoms with Crippen molar-refractivity contribution in [3.05, 3.63) is 34.9 Å². The Kier molecular flexibility index (Phi) is 4.50. The molecule has 0 radical (unpaired) electrons. The molecule has 0 spiro atoms. The Bertz CT molecular complexity index is 552. The number of carbonyl (C=O) groups is 2. The molecule has 3 amide bonds. The van der Waals surface area contributed by atoms with E-state index in [4.69, 9.17) is 5.73 Å². The van der Waals surface area contributed by atoms with Crippen LogP contribution in [0.2, 0.25) is 0 Å². The molecule has 1 aromatic carbocycles. The highest BCUT2D eigenvalue weighted by Crippen LogP contribution is 2.29. The van der Waals surface area contributed by atoms with Gasteiger partial charge in [0.2, 0.25) is 5.91 Å². The Morgan fingerprint density at radius 1 is 1.33 bits per heavy atom. The van der Waals surface area contributed by atoms with Crippen molar-refractivity contribution in [2.24, 2.45) is 5.73 Å². The molecule has 1 saturated carbocycles. The van der Waals surface area contributed by atoms with Gasteiger partial charge in [0.05, 0.1) is 0 Å². The van der Waals surface area contributed by atoms with E-state index in [0.29, 0.717) is 6.54 Å². The van der Waals surface area contributed by atoms with Crippen LogP contribution in [-0.2, 0) is 11.3 Å². The number of amides is 3. The van der Waals surface area contributed by atoms with E-state index in [0.717, 1.165) is 18.4 Å². The molecule has 1 aromatic rings. The molecule has 3 N–H and O–H groups in total. The first-order valence-corrected chi connectivity index (χ1v) is 7.31. The number of nitrogens with two attached hydrogens (primary N) is 1. The number of nitrogens with zero attached hydrogens (tertiary/aromatic N) is 1. The smallest absolute Gasteiger partial charge is 0.312 e. The average molecular weight is 289 g/mol. The highest BCUT2D eigenvalue weighted by molar-refractivity contribution is 5.86. The number of benzene rings is 1. The Morgan fingerprint density at radius 2 is 2.00 bits per heavy atom. The molecule has 5 heteroatoms. The molecule has 0 unspecified atom stereocenters. The quantitative estimate of drug-likeness (QED) is 0.868. The van der Waals surface area contributed by atoms with Crippen LogP contribution in [0.1, 0.15) is 36.5 Å². The van der Waals surface area contributed by atoms with Gasteiger partial charge in [0.1, 0.15) is 6.04 Å². The minimum atomic E-state index is -0.669. The van der Waals surface area contributed by atoms with Gasteiger partial charge in [-0.05, 0) is 50.3 Å². The zero-order chi connectivity index (χ0) is 15.6. The number of hydrogen-bond donors (Lipinski definition) is 2. The lowest BCUT2D eigenvalue weighted by Crippen LogP contribution is -2.49. The minimum Gasteiger partial charge on any atom is -0.352 e. The summed E-state index contributed by atoms with van der Waals surface area (Å²) in [5.74, 6) is -0.0745. The third kappa shape index (κ3) is 3.97. The number of urea groups is 1. The lowest BCUT2D eigenvalue weighted by Gasteiger charge is -2.26. The largest absolute Gasteiger partial charge is 0.352 e. The van der Waals surface area contributed by atoms with Crippen molar-refractivity contribution >= 4 is 11.9 Å². The monoisotopic (exact) mass is 289 g/mol. The summed E-state index contributed by atoms with van der Waals surface area (Å²) in [6, 6.07) is 5.27. The summed E-state index contributed by atoms with van der Waals surface area (Å²) >= 11 is 0. The van der Waals surface area contributed by atoms with Gasteiger partial charge in [0.25, 0.3) is 0 Å². The van der Waals surface area contributed by atoms with Crippen LogP contribution in [-0.4, -0.2) is 28.9 Å². The van der Waals surface area contributed by atoms with Crippen LogP contribution in [0.25, 0.3) is 0 Å². The molecule has 0 aliphatic heterocycles. The minimum absolute atomic E-state index is 0.0745. The van der Waals surface area contributed by atoms with E-state index in [1.807, 2.05) is 4.90 Å². The molecule has 0 bridgehead atoms. The predicted octanol–water partition coefficient (Wildman–Crippen LogP) is 1.85. The van der Waals surface area contributed by atoms with Crippen molar-refractivity contribution < 1.29 is 9.59 Å². The summed E-state index contributed by atoms with van der Waals surface area (Å²) in [5.41, 5.74) is 8.67. The van der Waals surface area contributed by atoms with Gasteiger partial charge in [-0.25, -0.2) is 4.79 Å². The summed E-state index contributed by atoms with van der Waals surface area (Å²) in [4.78, 5) is 25.2. The third-order valence-electron chi connectivity index (χ3n) is 3.92. The van der Waals surface area contributed by atoms with E-state index in [-0.39, 0.29) is 11.9 Å². The zero-order valence-corrected chi connectivity index (χ0v) is 12.8. The normalized spacial score (nSPS) is 15.4. The maximum Gasteiger partial charge on any atom is 0.312 e. The third-order valence-corrected chi connectivity index (χ3v) is 3.92. The van der Waals surface area contributed by atoms with Gasteiger partial charge in [-0.3, -0.25) is 4.79 Å². The molecular formula is C16H23N3O2. The predicted molar refractivity (Wildman–Crippen MR) is 81.7 cm³/mol. The topological polar surface area (TPSA) is 75.4 Å². The van der Waals surface area contributed by atoms with Gasteiger partial charge < -0.3 is 16.0 Å². The molecule has 21 heavy (non-hydrogen) atoms. The fourth-order valence-electron chi connectivity index (χ4n) is 2.40. The molecule has 1 aliphatic carbocycles. The molecule has 5 nitrogen and oxygen atoms in total. The van der Waals surface area contributed by atoms with Crippen molar-refractivity contribution in [3.63, 3.8) is 0 Å². The van der Waals surface area contributed by atoms with Crippen LogP contribution in [0.3, 0.4) is 0 Å². The number of carbonyl (C=O) groups excluding carboxylic acids is 2. The van der Waals surface area contributed by atoms with E-state index >= 15 is 0 Å². The number of aryl methyl sites for hydroxylation is 2. The van der Waals surface area contributed by atoms with Gasteiger partial charge in [-0.1, -0.05) is 18.2 Å². The standard InChI is InChI=1S/C16H23N3O2/c1-10-4-5-13(8-11(10)2)9-19(14-6-7-14)15(20)12(3)18-16(17)21/h4-5,8,12,14H,6-7,9H2,1-3H3,(H3,17,18,21)/t12-/m0/s1. The Hall–Kier alpha value is -2.04. The van der Waals surface area contributed by atoms with E-state index in [9.17, 15) is 9.59 Å². The van der Waals surface area contributed by atoms with E-state index in [1.54, 1.807) is 6.92 Å². The number of rotatable bonds is 5. The molecule has 0 saturated heterocycles. The van der Waals surface area contributed by atoms with Gasteiger partial charge in [-0.15, -0.1) is 0 Å². The molecule has 0 heterocycles. The van der Waals surface area contributed by atoms with Crippen LogP contribution < -0.4 is 11.1 Å². The lowest BCUT2D eigenvalue weighted by molar-refractivity contribution is -0.134. The van der Waals surface area contributed by atoms with Crippen LogP contribution in [0.15, 0.2) is 18.2 Å². The fraction of sp³-hybridized carbons (Fsp3) is 0.500. The maximum atomic E-state index is 12.5. The second-order valence-corrected chi connectivity index (χ2v) is 5.85. The van der Waals surface area contributed by atoms with Crippen LogP contribution in [0, 0.1) is 13.8 Å². The van der Waals surface area contributed by atoms with Gasteiger partial charge >= 0.3 is 6.03 Å². The Morgan fingerprint density at radius 3 is 2.52 bits per heavy atom. The summed E-state index contributed by atoms with van der Waals surface area (Å²) < 4.78 is 0. The van der Waals surface area contributed by atoms with E-state index < -0.39 is 12.1 Å². The summed E-state index contributed by atoms with van der Waals surface area (Å²) in [6.45, 7) is 6.39. The fourth-order valence-corrected chi connectivity index (χ4v) is 2.40. The average Bonchev–Trinajstić information content (AvgIpc) is 3.22. The second-order valence-electron chi connectivity index (χ2n) is 5.85. The first-order valence-electron chi connectivity index (χ1n) is 7.31. The molecular weight excluding hydrogens is 266 g/mol. The molecule has 1 fully saturated rings. The summed E-state index contributed by atoms with van der Waals surface area (Å²) in [5, 5.41) is 2.46. The Balaban J connectivity index is 2.10. The first kappa shape index (κ1) is 15.4. The van der Waals surface area contributed by atoms with Crippen molar-refractivity contribution in [2.45, 2.75) is 52.2 Å². The highest BCUT2D eigenvalue weighted by Gasteiger charge is 2.34. The second kappa shape index (κ2) is 6.16. The van der Waals surface area contributed by atoms with Gasteiger partial charge in [-0.2, -0.15) is 0 Å². The van der Waals surface area contributed by atoms with Crippen molar-refractivity contribution in [1.29, 1.82) is 0 Å². The maximum absolute atomic E-state index is 12.5. The van der Waals surface area contributed by atoms with Crippen molar-refractivity contribution in [2.75, 3.05) is 0 Å². The number of primary amides is 1. The highest BCUT2D eigenvalue weighted by atomic mass is 16.2. The van der Waals surface area contributed by atoms with Gasteiger partial charge in [0.15, 0.2) is 0 Å². The van der Waals surface area contributed by atoms with E-state index in [1.165, 1.54) is 11.1 Å². The number of nitrogens with one attached hydrogen (secondary N) is 1. The number of hydrogen-bond acceptors (Lipinski definition) is 2. The zero-order valence-electron chi connectivity index (χ0n) is 12.8. The molecule has 1 atom stereocenters. The Labute approximate surface area is 125 Å². The van der Waals surface area contributed by atoms with Crippen molar-refractivity contribution in [3.8, 4) is 0 Å². The summed E-state index contributed by atoms with van der Waals surface area (Å²) in [7, 11) is 0. The summed E-state index contributed by atoms with van der Waals surface area (Å²) in [6.07, 6.45) is 2.06. The molecule has 0 aromatic heterocycles. The molecule has 1 aliphatic rings.